The zero-order valence-corrected chi connectivity index (χ0v) is 9.97. The van der Waals surface area contributed by atoms with Crippen molar-refractivity contribution in [3.8, 4) is 0 Å². The maximum atomic E-state index is 12.9. The highest BCUT2D eigenvalue weighted by Gasteiger charge is 2.05. The van der Waals surface area contributed by atoms with Gasteiger partial charge in [0.25, 0.3) is 0 Å². The van der Waals surface area contributed by atoms with Gasteiger partial charge in [-0.05, 0) is 19.1 Å². The van der Waals surface area contributed by atoms with Crippen molar-refractivity contribution in [2.24, 2.45) is 0 Å². The summed E-state index contributed by atoms with van der Waals surface area (Å²) in [5, 5.41) is 3.96. The molecule has 5 heteroatoms. The van der Waals surface area contributed by atoms with Crippen LogP contribution in [0.5, 0.6) is 0 Å². The standard InChI is InChI=1S/C11H13FN2OS/c1-7(15-2)6-13-11-14-9-5-8(12)3-4-10(9)16-11/h3-5,7H,6H2,1-2H3,(H,13,14). The Hall–Kier alpha value is -1.20. The molecule has 0 amide bonds. The van der Waals surface area contributed by atoms with Crippen LogP contribution in [-0.4, -0.2) is 24.7 Å². The molecule has 0 saturated carbocycles. The molecule has 0 saturated heterocycles. The highest BCUT2D eigenvalue weighted by atomic mass is 32.1. The van der Waals surface area contributed by atoms with E-state index in [1.54, 1.807) is 13.2 Å². The van der Waals surface area contributed by atoms with Crippen LogP contribution in [0.25, 0.3) is 10.2 Å². The van der Waals surface area contributed by atoms with Gasteiger partial charge in [0.15, 0.2) is 5.13 Å². The van der Waals surface area contributed by atoms with E-state index in [0.29, 0.717) is 12.1 Å². The monoisotopic (exact) mass is 240 g/mol. The number of ether oxygens (including phenoxy) is 1. The number of aromatic nitrogens is 1. The molecule has 1 heterocycles. The number of hydrogen-bond acceptors (Lipinski definition) is 4. The van der Waals surface area contributed by atoms with Crippen molar-refractivity contribution >= 4 is 26.7 Å². The number of rotatable bonds is 4. The number of thiazole rings is 1. The van der Waals surface area contributed by atoms with Gasteiger partial charge < -0.3 is 10.1 Å². The largest absolute Gasteiger partial charge is 0.380 e. The average molecular weight is 240 g/mol. The van der Waals surface area contributed by atoms with Crippen molar-refractivity contribution in [2.75, 3.05) is 19.0 Å². The van der Waals surface area contributed by atoms with Gasteiger partial charge in [-0.2, -0.15) is 0 Å². The van der Waals surface area contributed by atoms with E-state index in [-0.39, 0.29) is 11.9 Å². The molecule has 1 unspecified atom stereocenters. The lowest BCUT2D eigenvalue weighted by Gasteiger charge is -2.08. The van der Waals surface area contributed by atoms with Crippen LogP contribution < -0.4 is 5.32 Å². The second-order valence-electron chi connectivity index (χ2n) is 3.56. The van der Waals surface area contributed by atoms with Crippen molar-refractivity contribution in [1.82, 2.24) is 4.98 Å². The Morgan fingerprint density at radius 3 is 3.12 bits per heavy atom. The predicted octanol–water partition coefficient (Wildman–Crippen LogP) is 2.88. The van der Waals surface area contributed by atoms with Crippen molar-refractivity contribution in [1.29, 1.82) is 0 Å². The third-order valence-corrected chi connectivity index (χ3v) is 3.29. The SMILES string of the molecule is COC(C)CNc1nc2cc(F)ccc2s1. The van der Waals surface area contributed by atoms with Gasteiger partial charge in [-0.15, -0.1) is 0 Å². The molecule has 86 valence electrons. The Balaban J connectivity index is 2.13. The van der Waals surface area contributed by atoms with Gasteiger partial charge in [-0.3, -0.25) is 0 Å². The molecule has 16 heavy (non-hydrogen) atoms. The summed E-state index contributed by atoms with van der Waals surface area (Å²) in [5.41, 5.74) is 0.692. The van der Waals surface area contributed by atoms with Gasteiger partial charge in [0.2, 0.25) is 0 Å². The Bertz CT molecular complexity index is 486. The number of halogens is 1. The van der Waals surface area contributed by atoms with E-state index in [2.05, 4.69) is 10.3 Å². The Morgan fingerprint density at radius 1 is 1.56 bits per heavy atom. The van der Waals surface area contributed by atoms with Crippen LogP contribution in [0.15, 0.2) is 18.2 Å². The molecule has 0 aliphatic carbocycles. The third-order valence-electron chi connectivity index (χ3n) is 2.29. The minimum absolute atomic E-state index is 0.128. The first-order chi connectivity index (χ1) is 7.69. The maximum absolute atomic E-state index is 12.9. The Morgan fingerprint density at radius 2 is 2.38 bits per heavy atom. The Kier molecular flexibility index (Phi) is 3.36. The quantitative estimate of drug-likeness (QED) is 0.892. The molecule has 0 fully saturated rings. The van der Waals surface area contributed by atoms with E-state index >= 15 is 0 Å². The highest BCUT2D eigenvalue weighted by Crippen LogP contribution is 2.26. The van der Waals surface area contributed by atoms with E-state index in [1.807, 2.05) is 6.92 Å². The summed E-state index contributed by atoms with van der Waals surface area (Å²) >= 11 is 1.51. The maximum Gasteiger partial charge on any atom is 0.183 e. The molecule has 1 aromatic heterocycles. The number of methoxy groups -OCH3 is 1. The van der Waals surface area contributed by atoms with Crippen molar-refractivity contribution in [2.45, 2.75) is 13.0 Å². The summed E-state index contributed by atoms with van der Waals surface area (Å²) in [5.74, 6) is -0.255. The fraction of sp³-hybridized carbons (Fsp3) is 0.364. The molecule has 0 radical (unpaired) electrons. The summed E-state index contributed by atoms with van der Waals surface area (Å²) in [7, 11) is 1.67. The molecule has 1 N–H and O–H groups in total. The number of fused-ring (bicyclic) bond motifs is 1. The van der Waals surface area contributed by atoms with Crippen molar-refractivity contribution in [3.63, 3.8) is 0 Å². The van der Waals surface area contributed by atoms with E-state index in [4.69, 9.17) is 4.74 Å². The topological polar surface area (TPSA) is 34.1 Å². The van der Waals surface area contributed by atoms with E-state index in [0.717, 1.165) is 9.83 Å². The molecule has 1 aromatic carbocycles. The normalized spacial score (nSPS) is 12.9. The van der Waals surface area contributed by atoms with Gasteiger partial charge in [0, 0.05) is 19.7 Å². The molecule has 2 aromatic rings. The Labute approximate surface area is 97.3 Å². The summed E-state index contributed by atoms with van der Waals surface area (Å²) in [6.07, 6.45) is 0.128. The summed E-state index contributed by atoms with van der Waals surface area (Å²) in [4.78, 5) is 4.29. The summed E-state index contributed by atoms with van der Waals surface area (Å²) in [6, 6.07) is 4.63. The predicted molar refractivity (Wildman–Crippen MR) is 64.5 cm³/mol. The molecular formula is C11H13FN2OS. The van der Waals surface area contributed by atoms with Crippen LogP contribution in [0.3, 0.4) is 0 Å². The fourth-order valence-corrected chi connectivity index (χ4v) is 2.14. The lowest BCUT2D eigenvalue weighted by molar-refractivity contribution is 0.129. The van der Waals surface area contributed by atoms with E-state index in [9.17, 15) is 4.39 Å². The van der Waals surface area contributed by atoms with Crippen molar-refractivity contribution in [3.05, 3.63) is 24.0 Å². The van der Waals surface area contributed by atoms with Gasteiger partial charge in [-0.25, -0.2) is 9.37 Å². The first-order valence-corrected chi connectivity index (χ1v) is 5.83. The second kappa shape index (κ2) is 4.76. The zero-order chi connectivity index (χ0) is 11.5. The third kappa shape index (κ3) is 2.48. The van der Waals surface area contributed by atoms with E-state index < -0.39 is 0 Å². The lowest BCUT2D eigenvalue weighted by Crippen LogP contribution is -2.17. The number of benzene rings is 1. The van der Waals surface area contributed by atoms with Crippen molar-refractivity contribution < 1.29 is 9.13 Å². The smallest absolute Gasteiger partial charge is 0.183 e. The zero-order valence-electron chi connectivity index (χ0n) is 9.16. The first kappa shape index (κ1) is 11.3. The molecule has 3 nitrogen and oxygen atoms in total. The van der Waals surface area contributed by atoms with Gasteiger partial charge >= 0.3 is 0 Å². The number of hydrogen-bond donors (Lipinski definition) is 1. The number of nitrogens with zero attached hydrogens (tertiary/aromatic N) is 1. The minimum atomic E-state index is -0.255. The van der Waals surface area contributed by atoms with Gasteiger partial charge in [0.1, 0.15) is 5.82 Å². The lowest BCUT2D eigenvalue weighted by atomic mass is 10.3. The molecule has 1 atom stereocenters. The molecule has 0 bridgehead atoms. The van der Waals surface area contributed by atoms with Crippen LogP contribution >= 0.6 is 11.3 Å². The molecule has 2 rings (SSSR count). The van der Waals surface area contributed by atoms with Crippen LogP contribution in [0.1, 0.15) is 6.92 Å². The van der Waals surface area contributed by atoms with Crippen LogP contribution in [0.2, 0.25) is 0 Å². The van der Waals surface area contributed by atoms with Crippen LogP contribution in [-0.2, 0) is 4.74 Å². The molecule has 0 aliphatic heterocycles. The second-order valence-corrected chi connectivity index (χ2v) is 4.59. The minimum Gasteiger partial charge on any atom is -0.380 e. The molecule has 0 aliphatic rings. The van der Waals surface area contributed by atoms with Gasteiger partial charge in [-0.1, -0.05) is 11.3 Å². The average Bonchev–Trinajstić information content (AvgIpc) is 2.67. The highest BCUT2D eigenvalue weighted by molar-refractivity contribution is 7.22. The summed E-state index contributed by atoms with van der Waals surface area (Å²) in [6.45, 7) is 2.67. The first-order valence-electron chi connectivity index (χ1n) is 5.02. The van der Waals surface area contributed by atoms with E-state index in [1.165, 1.54) is 23.5 Å². The fourth-order valence-electron chi connectivity index (χ4n) is 1.29. The van der Waals surface area contributed by atoms with Gasteiger partial charge in [0.05, 0.1) is 16.3 Å². The summed E-state index contributed by atoms with van der Waals surface area (Å²) < 4.78 is 19.0. The molecular weight excluding hydrogens is 227 g/mol. The van der Waals surface area contributed by atoms with Crippen LogP contribution in [0, 0.1) is 5.82 Å². The number of anilines is 1. The molecule has 0 spiro atoms. The number of nitrogens with one attached hydrogen (secondary N) is 1. The van der Waals surface area contributed by atoms with Crippen LogP contribution in [0.4, 0.5) is 9.52 Å².